The molecule has 0 aromatic heterocycles. The van der Waals surface area contributed by atoms with E-state index in [4.69, 9.17) is 4.74 Å². The molecule has 0 aromatic carbocycles. The van der Waals surface area contributed by atoms with Gasteiger partial charge in [-0.2, -0.15) is 0 Å². The summed E-state index contributed by atoms with van der Waals surface area (Å²) in [5.41, 5.74) is 0. The zero-order chi connectivity index (χ0) is 8.53. The van der Waals surface area contributed by atoms with Gasteiger partial charge in [0, 0.05) is 0 Å². The smallest absolute Gasteiger partial charge is 0.367 e. The van der Waals surface area contributed by atoms with Crippen LogP contribution < -0.4 is 0 Å². The molecular weight excluding hydrogens is 160 g/mol. The van der Waals surface area contributed by atoms with E-state index in [0.29, 0.717) is 0 Å². The summed E-state index contributed by atoms with van der Waals surface area (Å²) >= 11 is 1.10. The number of carbonyl (C=O) groups is 1. The van der Waals surface area contributed by atoms with E-state index in [-0.39, 0.29) is 5.30 Å². The average molecular weight is 175 g/mol. The van der Waals surface area contributed by atoms with Crippen molar-refractivity contribution < 1.29 is 9.53 Å². The molecule has 0 unspecified atom stereocenters. The lowest BCUT2D eigenvalue weighted by molar-refractivity contribution is 0.197. The molecule has 0 amide bonds. The van der Waals surface area contributed by atoms with Crippen molar-refractivity contribution in [2.45, 2.75) is 32.6 Å². The zero-order valence-electron chi connectivity index (χ0n) is 7.13. The van der Waals surface area contributed by atoms with Crippen LogP contribution in [-0.4, -0.2) is 11.6 Å². The molecule has 0 rings (SSSR count). The molecule has 0 heterocycles. The molecule has 0 aromatic rings. The van der Waals surface area contributed by atoms with E-state index in [0.717, 1.165) is 24.6 Å². The Kier molecular flexibility index (Phi) is 7.79. The Morgan fingerprint density at radius 2 is 2.27 bits per heavy atom. The summed E-state index contributed by atoms with van der Waals surface area (Å²) in [6.07, 6.45) is 6.10. The normalized spacial score (nSPS) is 9.64. The van der Waals surface area contributed by atoms with Gasteiger partial charge in [0.25, 0.3) is 0 Å². The van der Waals surface area contributed by atoms with Crippen molar-refractivity contribution in [3.05, 3.63) is 6.61 Å². The predicted octanol–water partition coefficient (Wildman–Crippen LogP) is 3.23. The molecule has 0 bridgehead atoms. The number of ether oxygens (including phenoxy) is 1. The summed E-state index contributed by atoms with van der Waals surface area (Å²) in [4.78, 5) is 10.6. The van der Waals surface area contributed by atoms with Crippen molar-refractivity contribution in [2.75, 3.05) is 6.26 Å². The minimum Gasteiger partial charge on any atom is -0.450 e. The lowest BCUT2D eigenvalue weighted by Crippen LogP contribution is -1.92. The van der Waals surface area contributed by atoms with E-state index in [2.05, 4.69) is 6.92 Å². The largest absolute Gasteiger partial charge is 0.450 e. The van der Waals surface area contributed by atoms with Gasteiger partial charge in [-0.15, -0.1) is 0 Å². The van der Waals surface area contributed by atoms with Gasteiger partial charge < -0.3 is 4.74 Å². The standard InChI is InChI=1S/C8H15O2S/c1-3-4-5-6-7-10-8(9)11-2/h7H,3-6H2,1-2H3. The molecule has 2 nitrogen and oxygen atoms in total. The molecule has 0 fully saturated rings. The minimum atomic E-state index is -0.221. The molecule has 0 atom stereocenters. The second-order valence-corrected chi connectivity index (χ2v) is 2.98. The van der Waals surface area contributed by atoms with Gasteiger partial charge in [-0.05, 0) is 30.9 Å². The van der Waals surface area contributed by atoms with Crippen molar-refractivity contribution >= 4 is 17.1 Å². The fourth-order valence-electron chi connectivity index (χ4n) is 0.653. The first-order valence-corrected chi connectivity index (χ1v) is 5.10. The topological polar surface area (TPSA) is 26.3 Å². The Morgan fingerprint density at radius 3 is 2.82 bits per heavy atom. The number of carbonyl (C=O) groups excluding carboxylic acids is 1. The highest BCUT2D eigenvalue weighted by Gasteiger charge is 1.97. The molecular formula is C8H15O2S. The van der Waals surface area contributed by atoms with Crippen molar-refractivity contribution in [1.82, 2.24) is 0 Å². The van der Waals surface area contributed by atoms with Crippen molar-refractivity contribution in [2.24, 2.45) is 0 Å². The minimum absolute atomic E-state index is 0.221. The molecule has 1 radical (unpaired) electrons. The summed E-state index contributed by atoms with van der Waals surface area (Å²) in [6.45, 7) is 3.74. The van der Waals surface area contributed by atoms with E-state index in [9.17, 15) is 4.79 Å². The van der Waals surface area contributed by atoms with Crippen LogP contribution in [0.1, 0.15) is 32.6 Å². The van der Waals surface area contributed by atoms with Crippen LogP contribution in [-0.2, 0) is 4.74 Å². The third kappa shape index (κ3) is 7.72. The van der Waals surface area contributed by atoms with Gasteiger partial charge in [0.1, 0.15) is 6.61 Å². The van der Waals surface area contributed by atoms with Gasteiger partial charge in [0.2, 0.25) is 0 Å². The molecule has 0 N–H and O–H groups in total. The van der Waals surface area contributed by atoms with Gasteiger partial charge in [-0.3, -0.25) is 0 Å². The first-order chi connectivity index (χ1) is 5.31. The van der Waals surface area contributed by atoms with Crippen LogP contribution in [0.2, 0.25) is 0 Å². The van der Waals surface area contributed by atoms with E-state index in [1.54, 1.807) is 12.9 Å². The Bertz CT molecular complexity index is 104. The second-order valence-electron chi connectivity index (χ2n) is 2.23. The van der Waals surface area contributed by atoms with Crippen LogP contribution in [0, 0.1) is 6.61 Å². The summed E-state index contributed by atoms with van der Waals surface area (Å²) in [7, 11) is 0. The summed E-state index contributed by atoms with van der Waals surface area (Å²) in [5.74, 6) is 0. The van der Waals surface area contributed by atoms with Crippen LogP contribution in [0.25, 0.3) is 0 Å². The van der Waals surface area contributed by atoms with Crippen LogP contribution >= 0.6 is 11.8 Å². The highest BCUT2D eigenvalue weighted by atomic mass is 32.2. The molecule has 65 valence electrons. The van der Waals surface area contributed by atoms with E-state index in [1.807, 2.05) is 0 Å². The predicted molar refractivity (Wildman–Crippen MR) is 48.4 cm³/mol. The van der Waals surface area contributed by atoms with Crippen molar-refractivity contribution in [3.63, 3.8) is 0 Å². The SMILES string of the molecule is CCCCC[CH]OC(=O)SC. The number of thioether (sulfide) groups is 1. The molecule has 3 heteroatoms. The van der Waals surface area contributed by atoms with Gasteiger partial charge in [-0.1, -0.05) is 19.8 Å². The fourth-order valence-corrected chi connectivity index (χ4v) is 0.817. The molecule has 0 aliphatic heterocycles. The average Bonchev–Trinajstić information content (AvgIpc) is 2.04. The first kappa shape index (κ1) is 10.8. The number of hydrogen-bond donors (Lipinski definition) is 0. The molecule has 0 aliphatic carbocycles. The van der Waals surface area contributed by atoms with Crippen LogP contribution in [0.4, 0.5) is 4.79 Å². The summed E-state index contributed by atoms with van der Waals surface area (Å²) in [6, 6.07) is 0. The number of rotatable bonds is 5. The van der Waals surface area contributed by atoms with E-state index in [1.165, 1.54) is 12.8 Å². The van der Waals surface area contributed by atoms with Gasteiger partial charge >= 0.3 is 5.30 Å². The Balaban J connectivity index is 2.95. The van der Waals surface area contributed by atoms with Crippen LogP contribution in [0.15, 0.2) is 0 Å². The lowest BCUT2D eigenvalue weighted by Gasteiger charge is -1.99. The zero-order valence-corrected chi connectivity index (χ0v) is 7.95. The van der Waals surface area contributed by atoms with Crippen LogP contribution in [0.5, 0.6) is 0 Å². The Labute approximate surface area is 72.7 Å². The van der Waals surface area contributed by atoms with Gasteiger partial charge in [0.15, 0.2) is 0 Å². The third-order valence-electron chi connectivity index (χ3n) is 1.27. The monoisotopic (exact) mass is 175 g/mol. The molecule has 11 heavy (non-hydrogen) atoms. The summed E-state index contributed by atoms with van der Waals surface area (Å²) in [5, 5.41) is -0.221. The van der Waals surface area contributed by atoms with Gasteiger partial charge in [0.05, 0.1) is 0 Å². The third-order valence-corrected chi connectivity index (χ3v) is 1.70. The number of hydrogen-bond acceptors (Lipinski definition) is 3. The highest BCUT2D eigenvalue weighted by Crippen LogP contribution is 2.06. The first-order valence-electron chi connectivity index (χ1n) is 3.87. The number of unbranched alkanes of at least 4 members (excludes halogenated alkanes) is 3. The maximum Gasteiger partial charge on any atom is 0.367 e. The molecule has 0 saturated heterocycles. The van der Waals surface area contributed by atoms with E-state index >= 15 is 0 Å². The maximum absolute atomic E-state index is 10.6. The second kappa shape index (κ2) is 7.92. The fraction of sp³-hybridized carbons (Fsp3) is 0.750. The molecule has 0 spiro atoms. The Hall–Kier alpha value is -0.180. The summed E-state index contributed by atoms with van der Waals surface area (Å²) < 4.78 is 4.74. The quantitative estimate of drug-likeness (QED) is 0.474. The van der Waals surface area contributed by atoms with Crippen molar-refractivity contribution in [1.29, 1.82) is 0 Å². The Morgan fingerprint density at radius 1 is 1.55 bits per heavy atom. The highest BCUT2D eigenvalue weighted by molar-refractivity contribution is 8.12. The van der Waals surface area contributed by atoms with E-state index < -0.39 is 0 Å². The van der Waals surface area contributed by atoms with Crippen LogP contribution in [0.3, 0.4) is 0 Å². The lowest BCUT2D eigenvalue weighted by atomic mass is 10.2. The van der Waals surface area contributed by atoms with Gasteiger partial charge in [-0.25, -0.2) is 4.79 Å². The van der Waals surface area contributed by atoms with Crippen molar-refractivity contribution in [3.8, 4) is 0 Å². The molecule has 0 aliphatic rings. The maximum atomic E-state index is 10.6. The molecule has 0 saturated carbocycles.